The van der Waals surface area contributed by atoms with Crippen molar-refractivity contribution in [2.75, 3.05) is 54.4 Å². The van der Waals surface area contributed by atoms with Crippen molar-refractivity contribution in [3.63, 3.8) is 0 Å². The maximum atomic E-state index is 13.5. The zero-order chi connectivity index (χ0) is 42.2. The summed E-state index contributed by atoms with van der Waals surface area (Å²) in [5, 5.41) is 17.2. The van der Waals surface area contributed by atoms with E-state index in [9.17, 15) is 29.1 Å². The summed E-state index contributed by atoms with van der Waals surface area (Å²) in [6.45, 7) is 11.1. The first kappa shape index (κ1) is 38.5. The van der Waals surface area contributed by atoms with Gasteiger partial charge in [0.25, 0.3) is 17.4 Å². The number of anilines is 4. The van der Waals surface area contributed by atoms with Crippen molar-refractivity contribution in [1.82, 2.24) is 39.4 Å². The lowest BCUT2D eigenvalue weighted by molar-refractivity contribution is -0.136. The molecule has 17 nitrogen and oxygen atoms in total. The highest BCUT2D eigenvalue weighted by molar-refractivity contribution is 6.23. The topological polar surface area (TPSA) is 191 Å². The molecule has 17 heteroatoms. The number of pyridine rings is 1. The van der Waals surface area contributed by atoms with Gasteiger partial charge < -0.3 is 20.2 Å². The van der Waals surface area contributed by atoms with Crippen LogP contribution >= 0.6 is 0 Å². The molecule has 0 saturated carbocycles. The average molecular weight is 824 g/mol. The molecule has 5 aromatic rings. The number of rotatable bonds is 10. The fraction of sp³-hybridized carbons (Fsp3) is 0.364. The van der Waals surface area contributed by atoms with Gasteiger partial charge in [0.1, 0.15) is 17.0 Å². The number of amides is 4. The summed E-state index contributed by atoms with van der Waals surface area (Å²) in [7, 11) is 0. The van der Waals surface area contributed by atoms with Gasteiger partial charge in [0.05, 0.1) is 23.4 Å². The summed E-state index contributed by atoms with van der Waals surface area (Å²) in [6.07, 6.45) is 5.29. The minimum absolute atomic E-state index is 0.0826. The van der Waals surface area contributed by atoms with E-state index < -0.39 is 35.3 Å². The lowest BCUT2D eigenvalue weighted by Crippen LogP contribution is -2.63. The lowest BCUT2D eigenvalue weighted by atomic mass is 9.98. The van der Waals surface area contributed by atoms with E-state index in [0.29, 0.717) is 52.9 Å². The molecule has 10 rings (SSSR count). The number of piperidine rings is 1. The minimum atomic E-state index is -1.01. The Kier molecular flexibility index (Phi) is 9.32. The molecule has 3 saturated heterocycles. The van der Waals surface area contributed by atoms with E-state index >= 15 is 0 Å². The van der Waals surface area contributed by atoms with Crippen molar-refractivity contribution in [2.45, 2.75) is 63.3 Å². The number of aryl methyl sites for hydroxylation is 1. The normalized spacial score (nSPS) is 21.8. The van der Waals surface area contributed by atoms with Gasteiger partial charge in [0, 0.05) is 75.0 Å². The van der Waals surface area contributed by atoms with Crippen LogP contribution in [0.5, 0.6) is 0 Å². The SMILES string of the molecule is C=CCn1c(=O)c2cnc(Nc3ccc(N4CCN(C5CN(c6ccc7c(c6)C(=O)N(C6CCC(=O)NC6=O)C7=O)C5)CC4)cc3)nc2n1-c1ccc2c(n1)[C@@](O)(CC)CC2. The fourth-order valence-corrected chi connectivity index (χ4v) is 9.40. The largest absolute Gasteiger partial charge is 0.384 e. The molecular weight excluding hydrogens is 779 g/mol. The van der Waals surface area contributed by atoms with E-state index in [1.165, 1.54) is 10.9 Å². The summed E-state index contributed by atoms with van der Waals surface area (Å²) in [6, 6.07) is 16.6. The van der Waals surface area contributed by atoms with E-state index in [1.54, 1.807) is 22.9 Å². The van der Waals surface area contributed by atoms with Crippen LogP contribution in [0.2, 0.25) is 0 Å². The monoisotopic (exact) mass is 823 g/mol. The Hall–Kier alpha value is -6.72. The zero-order valence-electron chi connectivity index (χ0n) is 33.7. The molecule has 312 valence electrons. The predicted octanol–water partition coefficient (Wildman–Crippen LogP) is 2.86. The molecule has 1 unspecified atom stereocenters. The number of allylic oxidation sites excluding steroid dienone is 1. The van der Waals surface area contributed by atoms with Crippen LogP contribution in [0.4, 0.5) is 23.0 Å². The smallest absolute Gasteiger partial charge is 0.278 e. The number of aromatic nitrogens is 5. The number of piperazine rings is 1. The highest BCUT2D eigenvalue weighted by atomic mass is 16.3. The van der Waals surface area contributed by atoms with E-state index in [4.69, 9.17) is 9.97 Å². The number of nitrogens with zero attached hydrogens (tertiary/aromatic N) is 9. The molecule has 4 aliphatic heterocycles. The van der Waals surface area contributed by atoms with Gasteiger partial charge >= 0.3 is 0 Å². The molecule has 0 radical (unpaired) electrons. The molecule has 2 atom stereocenters. The molecule has 5 aliphatic rings. The molecule has 0 bridgehead atoms. The molecule has 0 spiro atoms. The third kappa shape index (κ3) is 6.46. The molecule has 1 aliphatic carbocycles. The highest BCUT2D eigenvalue weighted by Crippen LogP contribution is 2.39. The second kappa shape index (κ2) is 14.8. The Morgan fingerprint density at radius 1 is 0.902 bits per heavy atom. The first-order valence-electron chi connectivity index (χ1n) is 20.8. The number of carbonyl (C=O) groups excluding carboxylic acids is 4. The Bertz CT molecular complexity index is 2710. The second-order valence-electron chi connectivity index (χ2n) is 16.4. The fourth-order valence-electron chi connectivity index (χ4n) is 9.40. The van der Waals surface area contributed by atoms with Gasteiger partial charge in [0.15, 0.2) is 11.5 Å². The van der Waals surface area contributed by atoms with Crippen LogP contribution < -0.4 is 26.0 Å². The number of nitrogens with one attached hydrogen (secondary N) is 2. The number of aliphatic hydroxyl groups is 1. The van der Waals surface area contributed by atoms with Gasteiger partial charge in [-0.2, -0.15) is 4.98 Å². The van der Waals surface area contributed by atoms with Gasteiger partial charge in [-0.1, -0.05) is 19.1 Å². The van der Waals surface area contributed by atoms with Crippen molar-refractivity contribution in [2.24, 2.45) is 0 Å². The van der Waals surface area contributed by atoms with E-state index in [1.807, 2.05) is 37.3 Å². The maximum Gasteiger partial charge on any atom is 0.278 e. The van der Waals surface area contributed by atoms with E-state index in [0.717, 1.165) is 73.2 Å². The standard InChI is InChI=1S/C44H45N11O6/c1-3-17-53-40(58)33-23-45-43(49-38(33)55(53)35-13-5-26-15-16-44(61,4-2)37(26)47-35)46-27-6-8-28(9-7-27)50-18-20-51(21-19-50)30-24-52(25-30)29-10-11-31-32(22-29)42(60)54(41(31)59)34-12-14-36(56)48-39(34)57/h3,5-11,13,22-23,30,34,61H,1,4,12,14-21,24-25H2,2H3,(H,45,46,49)(H,48,56,57)/t34?,44-/m1/s1. The third-order valence-corrected chi connectivity index (χ3v) is 13.0. The number of hydrogen-bond donors (Lipinski definition) is 3. The Labute approximate surface area is 350 Å². The summed E-state index contributed by atoms with van der Waals surface area (Å²) in [5.41, 5.74) is 4.11. The van der Waals surface area contributed by atoms with Crippen LogP contribution in [0.25, 0.3) is 16.9 Å². The third-order valence-electron chi connectivity index (χ3n) is 13.0. The number of imide groups is 2. The Balaban J connectivity index is 0.769. The summed E-state index contributed by atoms with van der Waals surface area (Å²) in [4.78, 5) is 86.3. The minimum Gasteiger partial charge on any atom is -0.384 e. The predicted molar refractivity (Wildman–Crippen MR) is 226 cm³/mol. The molecule has 4 amide bonds. The van der Waals surface area contributed by atoms with Crippen molar-refractivity contribution in [3.05, 3.63) is 106 Å². The van der Waals surface area contributed by atoms with Crippen LogP contribution in [0, 0.1) is 0 Å². The van der Waals surface area contributed by atoms with Crippen molar-refractivity contribution in [3.8, 4) is 5.82 Å². The van der Waals surface area contributed by atoms with E-state index in [2.05, 4.69) is 49.0 Å². The summed E-state index contributed by atoms with van der Waals surface area (Å²) >= 11 is 0. The highest BCUT2D eigenvalue weighted by Gasteiger charge is 2.45. The van der Waals surface area contributed by atoms with Crippen molar-refractivity contribution in [1.29, 1.82) is 0 Å². The molecular formula is C44H45N11O6. The summed E-state index contributed by atoms with van der Waals surface area (Å²) < 4.78 is 3.21. The van der Waals surface area contributed by atoms with Gasteiger partial charge in [-0.25, -0.2) is 19.3 Å². The second-order valence-corrected chi connectivity index (χ2v) is 16.4. The van der Waals surface area contributed by atoms with Gasteiger partial charge in [0.2, 0.25) is 17.8 Å². The van der Waals surface area contributed by atoms with E-state index in [-0.39, 0.29) is 30.5 Å². The van der Waals surface area contributed by atoms with Gasteiger partial charge in [-0.05, 0) is 79.8 Å². The van der Waals surface area contributed by atoms with Crippen LogP contribution in [0.1, 0.15) is 64.6 Å². The molecule has 7 heterocycles. The van der Waals surface area contributed by atoms with Gasteiger partial charge in [-0.3, -0.25) is 39.1 Å². The Morgan fingerprint density at radius 2 is 1.66 bits per heavy atom. The Morgan fingerprint density at radius 3 is 2.39 bits per heavy atom. The molecule has 3 fully saturated rings. The number of benzene rings is 2. The molecule has 61 heavy (non-hydrogen) atoms. The quantitative estimate of drug-likeness (QED) is 0.138. The lowest BCUT2D eigenvalue weighted by Gasteiger charge is -2.49. The van der Waals surface area contributed by atoms with Crippen LogP contribution in [-0.4, -0.2) is 114 Å². The zero-order valence-corrected chi connectivity index (χ0v) is 33.7. The molecule has 2 aromatic carbocycles. The van der Waals surface area contributed by atoms with Crippen LogP contribution in [0.3, 0.4) is 0 Å². The molecule has 3 aromatic heterocycles. The molecule has 3 N–H and O–H groups in total. The average Bonchev–Trinajstić information content (AvgIpc) is 3.82. The summed E-state index contributed by atoms with van der Waals surface area (Å²) in [5.74, 6) is -1.20. The number of hydrogen-bond acceptors (Lipinski definition) is 13. The van der Waals surface area contributed by atoms with Crippen LogP contribution in [0.15, 0.2) is 78.2 Å². The van der Waals surface area contributed by atoms with Crippen LogP contribution in [-0.2, 0) is 28.2 Å². The first-order chi connectivity index (χ1) is 29.5. The number of fused-ring (bicyclic) bond motifs is 3. The maximum absolute atomic E-state index is 13.5. The first-order valence-corrected chi connectivity index (χ1v) is 20.8. The van der Waals surface area contributed by atoms with Crippen molar-refractivity contribution >= 4 is 57.7 Å². The van der Waals surface area contributed by atoms with Gasteiger partial charge in [-0.15, -0.1) is 6.58 Å². The van der Waals surface area contributed by atoms with Crippen molar-refractivity contribution < 1.29 is 24.3 Å². The number of carbonyl (C=O) groups is 4.